The molecule has 0 aliphatic carbocycles. The van der Waals surface area contributed by atoms with E-state index in [1.54, 1.807) is 24.3 Å². The summed E-state index contributed by atoms with van der Waals surface area (Å²) in [6.07, 6.45) is 5.36. The van der Waals surface area contributed by atoms with Gasteiger partial charge in [-0.15, -0.1) is 19.7 Å². The number of furan rings is 1. The van der Waals surface area contributed by atoms with E-state index in [9.17, 15) is 10.2 Å². The molecule has 3 aromatic rings. The third kappa shape index (κ3) is 5.08. The van der Waals surface area contributed by atoms with Crippen molar-refractivity contribution >= 4 is 0 Å². The molecule has 7 heteroatoms. The molecule has 0 aliphatic heterocycles. The minimum atomic E-state index is -1.27. The molecule has 168 valence electrons. The van der Waals surface area contributed by atoms with Gasteiger partial charge in [0.2, 0.25) is 0 Å². The van der Waals surface area contributed by atoms with Crippen LogP contribution in [0.4, 0.5) is 0 Å². The Labute approximate surface area is 187 Å². The van der Waals surface area contributed by atoms with Gasteiger partial charge in [-0.05, 0) is 16.8 Å². The summed E-state index contributed by atoms with van der Waals surface area (Å²) < 4.78 is 17.1. The number of nitrogens with zero attached hydrogens (tertiary/aromatic N) is 2. The molecule has 32 heavy (non-hydrogen) atoms. The summed E-state index contributed by atoms with van der Waals surface area (Å²) in [5.41, 5.74) is 1.71. The first-order valence-corrected chi connectivity index (χ1v) is 10.2. The minimum absolute atomic E-state index is 0.139. The Morgan fingerprint density at radius 3 is 2.41 bits per heavy atom. The number of benzene rings is 1. The predicted molar refractivity (Wildman–Crippen MR) is 121 cm³/mol. The fourth-order valence-corrected chi connectivity index (χ4v) is 3.49. The standard InChI is InChI=1S/C25H28N2O5/c1-4-13-27(14-5-2)20(6-3)24-21(22(29)23-19(16-28)12-15-30-23)25(26-32-24)31-17-18-10-8-7-9-11-18/h4-12,15,20,22,28-29H,1-3,13-14,16-17H2/t20-,22?/m0/s1. The second-order valence-corrected chi connectivity index (χ2v) is 7.12. The van der Waals surface area contributed by atoms with Crippen molar-refractivity contribution in [2.24, 2.45) is 0 Å². The third-order valence-corrected chi connectivity index (χ3v) is 5.03. The number of aromatic nitrogens is 1. The second-order valence-electron chi connectivity index (χ2n) is 7.12. The number of aliphatic hydroxyl groups is 2. The molecule has 0 saturated heterocycles. The van der Waals surface area contributed by atoms with Crippen LogP contribution in [0.5, 0.6) is 5.88 Å². The van der Waals surface area contributed by atoms with Gasteiger partial charge in [-0.25, -0.2) is 0 Å². The molecule has 2 aromatic heterocycles. The van der Waals surface area contributed by atoms with E-state index in [4.69, 9.17) is 13.7 Å². The SMILES string of the molecule is C=CCN(CC=C)[C@@H](C=C)c1onc(OCc2ccccc2)c1C(O)c1occc1CO. The summed E-state index contributed by atoms with van der Waals surface area (Å²) in [4.78, 5) is 2.00. The number of hydrogen-bond donors (Lipinski definition) is 2. The lowest BCUT2D eigenvalue weighted by Gasteiger charge is -2.26. The van der Waals surface area contributed by atoms with Crippen molar-refractivity contribution < 1.29 is 23.9 Å². The summed E-state index contributed by atoms with van der Waals surface area (Å²) in [7, 11) is 0. The van der Waals surface area contributed by atoms with Crippen LogP contribution in [0, 0.1) is 0 Å². The van der Waals surface area contributed by atoms with E-state index in [1.807, 2.05) is 35.2 Å². The Kier molecular flexibility index (Phi) is 8.21. The zero-order valence-corrected chi connectivity index (χ0v) is 17.9. The molecule has 1 aromatic carbocycles. The van der Waals surface area contributed by atoms with Crippen LogP contribution < -0.4 is 4.74 Å². The summed E-state index contributed by atoms with van der Waals surface area (Å²) in [6.45, 7) is 12.6. The van der Waals surface area contributed by atoms with Crippen molar-refractivity contribution in [3.63, 3.8) is 0 Å². The highest BCUT2D eigenvalue weighted by Crippen LogP contribution is 2.39. The Balaban J connectivity index is 2.03. The van der Waals surface area contributed by atoms with Crippen LogP contribution in [0.2, 0.25) is 0 Å². The van der Waals surface area contributed by atoms with E-state index in [0.717, 1.165) is 5.56 Å². The fraction of sp³-hybridized carbons (Fsp3) is 0.240. The Hall–Kier alpha value is -3.39. The Bertz CT molecular complexity index is 1010. The number of hydrogen-bond acceptors (Lipinski definition) is 7. The molecule has 3 rings (SSSR count). The van der Waals surface area contributed by atoms with Gasteiger partial charge in [-0.3, -0.25) is 4.90 Å². The van der Waals surface area contributed by atoms with Gasteiger partial charge in [0.25, 0.3) is 5.88 Å². The molecule has 1 unspecified atom stereocenters. The van der Waals surface area contributed by atoms with Crippen LogP contribution in [0.3, 0.4) is 0 Å². The first-order chi connectivity index (χ1) is 15.6. The minimum Gasteiger partial charge on any atom is -0.470 e. The number of ether oxygens (including phenoxy) is 1. The monoisotopic (exact) mass is 436 g/mol. The summed E-state index contributed by atoms with van der Waals surface area (Å²) in [6, 6.07) is 10.8. The molecular weight excluding hydrogens is 408 g/mol. The quantitative estimate of drug-likeness (QED) is 0.386. The highest BCUT2D eigenvalue weighted by Gasteiger charge is 2.34. The van der Waals surface area contributed by atoms with Gasteiger partial charge in [-0.2, -0.15) is 0 Å². The van der Waals surface area contributed by atoms with Crippen molar-refractivity contribution in [1.82, 2.24) is 10.1 Å². The maximum Gasteiger partial charge on any atom is 0.261 e. The van der Waals surface area contributed by atoms with Crippen molar-refractivity contribution in [3.8, 4) is 5.88 Å². The molecule has 0 fully saturated rings. The molecule has 2 heterocycles. The molecule has 2 atom stereocenters. The molecular formula is C25H28N2O5. The van der Waals surface area contributed by atoms with Gasteiger partial charge in [0, 0.05) is 18.7 Å². The van der Waals surface area contributed by atoms with Gasteiger partial charge >= 0.3 is 0 Å². The molecule has 0 spiro atoms. The predicted octanol–water partition coefficient (Wildman–Crippen LogP) is 4.32. The van der Waals surface area contributed by atoms with Crippen LogP contribution in [-0.2, 0) is 13.2 Å². The second kappa shape index (κ2) is 11.3. The normalized spacial score (nSPS) is 13.0. The molecule has 0 saturated carbocycles. The van der Waals surface area contributed by atoms with Gasteiger partial charge in [0.05, 0.1) is 24.5 Å². The summed E-state index contributed by atoms with van der Waals surface area (Å²) >= 11 is 0. The van der Waals surface area contributed by atoms with E-state index < -0.39 is 12.1 Å². The van der Waals surface area contributed by atoms with Crippen molar-refractivity contribution in [1.29, 1.82) is 0 Å². The average molecular weight is 437 g/mol. The van der Waals surface area contributed by atoms with Crippen LogP contribution in [0.25, 0.3) is 0 Å². The lowest BCUT2D eigenvalue weighted by molar-refractivity contribution is 0.169. The maximum absolute atomic E-state index is 11.2. The van der Waals surface area contributed by atoms with Crippen molar-refractivity contribution in [3.05, 3.63) is 109 Å². The van der Waals surface area contributed by atoms with Crippen LogP contribution in [0.15, 0.2) is 89.6 Å². The van der Waals surface area contributed by atoms with Gasteiger partial charge in [0.1, 0.15) is 18.5 Å². The summed E-state index contributed by atoms with van der Waals surface area (Å²) in [5, 5.41) is 25.0. The van der Waals surface area contributed by atoms with E-state index in [1.165, 1.54) is 6.26 Å². The highest BCUT2D eigenvalue weighted by atomic mass is 16.5. The molecule has 0 radical (unpaired) electrons. The molecule has 0 amide bonds. The molecule has 7 nitrogen and oxygen atoms in total. The third-order valence-electron chi connectivity index (χ3n) is 5.03. The highest BCUT2D eigenvalue weighted by molar-refractivity contribution is 5.40. The van der Waals surface area contributed by atoms with E-state index >= 15 is 0 Å². The van der Waals surface area contributed by atoms with E-state index in [2.05, 4.69) is 24.9 Å². The largest absolute Gasteiger partial charge is 0.470 e. The van der Waals surface area contributed by atoms with Crippen molar-refractivity contribution in [2.45, 2.75) is 25.4 Å². The topological polar surface area (TPSA) is 92.1 Å². The zero-order chi connectivity index (χ0) is 22.9. The van der Waals surface area contributed by atoms with Gasteiger partial charge < -0.3 is 23.9 Å². The first kappa shape index (κ1) is 23.3. The van der Waals surface area contributed by atoms with Gasteiger partial charge in [-0.1, -0.05) is 48.6 Å². The zero-order valence-electron chi connectivity index (χ0n) is 17.9. The fourth-order valence-electron chi connectivity index (χ4n) is 3.49. The first-order valence-electron chi connectivity index (χ1n) is 10.2. The van der Waals surface area contributed by atoms with E-state index in [-0.39, 0.29) is 24.9 Å². The van der Waals surface area contributed by atoms with Crippen molar-refractivity contribution in [2.75, 3.05) is 13.1 Å². The molecule has 2 N–H and O–H groups in total. The number of aliphatic hydroxyl groups excluding tert-OH is 2. The van der Waals surface area contributed by atoms with Crippen LogP contribution in [0.1, 0.15) is 40.4 Å². The molecule has 0 bridgehead atoms. The summed E-state index contributed by atoms with van der Waals surface area (Å²) in [5.74, 6) is 0.698. The average Bonchev–Trinajstić information content (AvgIpc) is 3.46. The van der Waals surface area contributed by atoms with Crippen LogP contribution >= 0.6 is 0 Å². The smallest absolute Gasteiger partial charge is 0.261 e. The lowest BCUT2D eigenvalue weighted by Crippen LogP contribution is -2.28. The number of rotatable bonds is 13. The van der Waals surface area contributed by atoms with Gasteiger partial charge in [0.15, 0.2) is 5.76 Å². The maximum atomic E-state index is 11.2. The van der Waals surface area contributed by atoms with E-state index in [0.29, 0.717) is 30.0 Å². The Morgan fingerprint density at radius 1 is 1.06 bits per heavy atom. The van der Waals surface area contributed by atoms with Crippen LogP contribution in [-0.4, -0.2) is 33.4 Å². The Morgan fingerprint density at radius 2 is 1.78 bits per heavy atom. The molecule has 0 aliphatic rings. The lowest BCUT2D eigenvalue weighted by atomic mass is 10.0.